The molecule has 0 unspecified atom stereocenters. The fourth-order valence-corrected chi connectivity index (χ4v) is 3.43. The average molecular weight is 463 g/mol. The molecule has 1 aliphatic rings. The fourth-order valence-electron chi connectivity index (χ4n) is 2.77. The molecule has 3 heterocycles. The maximum Gasteiger partial charge on any atom is 0.586 e. The number of aromatic nitrogens is 2. The second-order valence-corrected chi connectivity index (χ2v) is 7.28. The Kier molecular flexibility index (Phi) is 5.83. The maximum atomic E-state index is 13.2. The largest absolute Gasteiger partial charge is 0.586 e. The lowest BCUT2D eigenvalue weighted by molar-refractivity contribution is -0.286. The van der Waals surface area contributed by atoms with Crippen molar-refractivity contribution in [2.75, 3.05) is 22.6 Å². The van der Waals surface area contributed by atoms with E-state index in [0.29, 0.717) is 5.82 Å². The van der Waals surface area contributed by atoms with Crippen LogP contribution in [0.5, 0.6) is 11.5 Å². The SMILES string of the molecule is O=C(CO)Nc1cc(CNc2ncsc2C(=O)Nc2ccc3c(c2)OC(F)(F)O3)ccn1. The Morgan fingerprint density at radius 1 is 1.09 bits per heavy atom. The van der Waals surface area contributed by atoms with Gasteiger partial charge in [-0.25, -0.2) is 9.97 Å². The van der Waals surface area contributed by atoms with Gasteiger partial charge in [0, 0.05) is 24.5 Å². The van der Waals surface area contributed by atoms with Crippen molar-refractivity contribution in [3.8, 4) is 11.5 Å². The lowest BCUT2D eigenvalue weighted by atomic mass is 10.2. The van der Waals surface area contributed by atoms with Crippen molar-refractivity contribution in [2.45, 2.75) is 12.8 Å². The minimum atomic E-state index is -3.74. The molecular formula is C19H15F2N5O5S. The van der Waals surface area contributed by atoms with Crippen LogP contribution in [0.15, 0.2) is 42.0 Å². The molecule has 0 atom stereocenters. The van der Waals surface area contributed by atoms with E-state index in [0.717, 1.165) is 16.9 Å². The van der Waals surface area contributed by atoms with Gasteiger partial charge in [-0.3, -0.25) is 9.59 Å². The van der Waals surface area contributed by atoms with Crippen LogP contribution < -0.4 is 25.4 Å². The summed E-state index contributed by atoms with van der Waals surface area (Å²) in [6.45, 7) is -0.388. The molecule has 13 heteroatoms. The summed E-state index contributed by atoms with van der Waals surface area (Å²) in [6.07, 6.45) is -2.25. The number of carbonyl (C=O) groups excluding carboxylic acids is 2. The van der Waals surface area contributed by atoms with Gasteiger partial charge in [0.2, 0.25) is 0 Å². The summed E-state index contributed by atoms with van der Waals surface area (Å²) in [5.74, 6) is -0.803. The monoisotopic (exact) mass is 463 g/mol. The number of carbonyl (C=O) groups is 2. The zero-order valence-electron chi connectivity index (χ0n) is 16.1. The number of benzene rings is 1. The summed E-state index contributed by atoms with van der Waals surface area (Å²) in [5.41, 5.74) is 2.47. The van der Waals surface area contributed by atoms with Gasteiger partial charge in [-0.2, -0.15) is 0 Å². The molecule has 4 rings (SSSR count). The standard InChI is InChI=1S/C19H15F2N5O5S/c20-19(21)30-12-2-1-11(6-13(12)31-19)25-18(29)16-17(24-9-32-16)23-7-10-3-4-22-14(5-10)26-15(28)8-27/h1-6,9,23,27H,7-8H2,(H,25,29)(H,22,26,28). The molecule has 1 aliphatic heterocycles. The van der Waals surface area contributed by atoms with Gasteiger partial charge >= 0.3 is 6.29 Å². The topological polar surface area (TPSA) is 135 Å². The molecule has 0 radical (unpaired) electrons. The van der Waals surface area contributed by atoms with Crippen LogP contribution in [0.25, 0.3) is 0 Å². The molecule has 0 spiro atoms. The number of pyridine rings is 1. The highest BCUT2D eigenvalue weighted by Gasteiger charge is 2.43. The number of nitrogens with one attached hydrogen (secondary N) is 3. The Morgan fingerprint density at radius 3 is 2.72 bits per heavy atom. The van der Waals surface area contributed by atoms with E-state index in [4.69, 9.17) is 5.11 Å². The third-order valence-electron chi connectivity index (χ3n) is 4.13. The molecule has 0 aliphatic carbocycles. The van der Waals surface area contributed by atoms with Crippen LogP contribution in [0, 0.1) is 0 Å². The van der Waals surface area contributed by atoms with Crippen LogP contribution in [0.3, 0.4) is 0 Å². The predicted octanol–water partition coefficient (Wildman–Crippen LogP) is 2.65. The van der Waals surface area contributed by atoms with E-state index in [2.05, 4.69) is 35.4 Å². The summed E-state index contributed by atoms with van der Waals surface area (Å²) in [5, 5.41) is 16.9. The van der Waals surface area contributed by atoms with Gasteiger partial charge in [0.1, 0.15) is 23.1 Å². The van der Waals surface area contributed by atoms with E-state index >= 15 is 0 Å². The molecule has 2 amide bonds. The van der Waals surface area contributed by atoms with E-state index in [1.165, 1.54) is 29.9 Å². The quantitative estimate of drug-likeness (QED) is 0.420. The molecule has 1 aromatic carbocycles. The second-order valence-electron chi connectivity index (χ2n) is 6.42. The number of nitrogens with zero attached hydrogens (tertiary/aromatic N) is 2. The fraction of sp³-hybridized carbons (Fsp3) is 0.158. The summed E-state index contributed by atoms with van der Waals surface area (Å²) >= 11 is 1.09. The van der Waals surface area contributed by atoms with Gasteiger partial charge in [-0.1, -0.05) is 0 Å². The van der Waals surface area contributed by atoms with Crippen LogP contribution >= 0.6 is 11.3 Å². The van der Waals surface area contributed by atoms with E-state index in [9.17, 15) is 18.4 Å². The van der Waals surface area contributed by atoms with Crippen LogP contribution in [0.4, 0.5) is 26.1 Å². The van der Waals surface area contributed by atoms with Crippen molar-refractivity contribution in [2.24, 2.45) is 0 Å². The first-order chi connectivity index (χ1) is 15.3. The molecule has 3 aromatic rings. The maximum absolute atomic E-state index is 13.2. The number of aliphatic hydroxyl groups is 1. The zero-order valence-corrected chi connectivity index (χ0v) is 16.9. The minimum Gasteiger partial charge on any atom is -0.395 e. The number of alkyl halides is 2. The van der Waals surface area contributed by atoms with Crippen LogP contribution in [-0.2, 0) is 11.3 Å². The number of hydrogen-bond donors (Lipinski definition) is 4. The lowest BCUT2D eigenvalue weighted by Gasteiger charge is -2.09. The molecule has 166 valence electrons. The molecular weight excluding hydrogens is 448 g/mol. The molecule has 10 nitrogen and oxygen atoms in total. The zero-order chi connectivity index (χ0) is 22.7. The van der Waals surface area contributed by atoms with Crippen LogP contribution in [0.1, 0.15) is 15.2 Å². The van der Waals surface area contributed by atoms with E-state index in [1.54, 1.807) is 12.1 Å². The first-order valence-electron chi connectivity index (χ1n) is 9.07. The predicted molar refractivity (Wildman–Crippen MR) is 110 cm³/mol. The number of halogens is 2. The molecule has 32 heavy (non-hydrogen) atoms. The highest BCUT2D eigenvalue weighted by Crippen LogP contribution is 2.42. The number of hydrogen-bond acceptors (Lipinski definition) is 9. The molecule has 0 bridgehead atoms. The third-order valence-corrected chi connectivity index (χ3v) is 4.95. The van der Waals surface area contributed by atoms with Crippen molar-refractivity contribution < 1.29 is 33.0 Å². The first kappa shape index (κ1) is 21.4. The number of thiazole rings is 1. The van der Waals surface area contributed by atoms with E-state index in [1.807, 2.05) is 0 Å². The number of aliphatic hydroxyl groups excluding tert-OH is 1. The Bertz CT molecular complexity index is 1170. The average Bonchev–Trinajstić information content (AvgIpc) is 3.34. The Balaban J connectivity index is 1.40. The summed E-state index contributed by atoms with van der Waals surface area (Å²) in [7, 11) is 0. The number of fused-ring (bicyclic) bond motifs is 1. The number of amides is 2. The molecule has 0 saturated heterocycles. The summed E-state index contributed by atoms with van der Waals surface area (Å²) in [6, 6.07) is 7.23. The highest BCUT2D eigenvalue weighted by molar-refractivity contribution is 7.12. The number of ether oxygens (including phenoxy) is 2. The van der Waals surface area contributed by atoms with Crippen molar-refractivity contribution in [1.82, 2.24) is 9.97 Å². The van der Waals surface area contributed by atoms with Gasteiger partial charge in [0.15, 0.2) is 11.5 Å². The van der Waals surface area contributed by atoms with Crippen LogP contribution in [0.2, 0.25) is 0 Å². The highest BCUT2D eigenvalue weighted by atomic mass is 32.1. The summed E-state index contributed by atoms with van der Waals surface area (Å²) in [4.78, 5) is 32.3. The number of rotatable bonds is 7. The normalized spacial score (nSPS) is 13.5. The Labute approximate surface area is 183 Å². The third kappa shape index (κ3) is 4.90. The van der Waals surface area contributed by atoms with Crippen molar-refractivity contribution >= 4 is 40.5 Å². The Hall–Kier alpha value is -3.84. The lowest BCUT2D eigenvalue weighted by Crippen LogP contribution is -2.25. The Morgan fingerprint density at radius 2 is 1.91 bits per heavy atom. The van der Waals surface area contributed by atoms with Gasteiger partial charge in [-0.05, 0) is 29.8 Å². The van der Waals surface area contributed by atoms with Gasteiger partial charge in [0.25, 0.3) is 11.8 Å². The van der Waals surface area contributed by atoms with Gasteiger partial charge < -0.3 is 30.5 Å². The van der Waals surface area contributed by atoms with E-state index < -0.39 is 24.7 Å². The number of anilines is 3. The van der Waals surface area contributed by atoms with Crippen molar-refractivity contribution in [1.29, 1.82) is 0 Å². The van der Waals surface area contributed by atoms with Gasteiger partial charge in [-0.15, -0.1) is 20.1 Å². The smallest absolute Gasteiger partial charge is 0.395 e. The van der Waals surface area contributed by atoms with Crippen molar-refractivity contribution in [3.63, 3.8) is 0 Å². The molecule has 2 aromatic heterocycles. The van der Waals surface area contributed by atoms with Crippen molar-refractivity contribution in [3.05, 3.63) is 52.5 Å². The second kappa shape index (κ2) is 8.72. The first-order valence-corrected chi connectivity index (χ1v) is 9.95. The molecule has 0 saturated carbocycles. The van der Waals surface area contributed by atoms with E-state index in [-0.39, 0.29) is 34.4 Å². The van der Waals surface area contributed by atoms with Gasteiger partial charge in [0.05, 0.1) is 5.51 Å². The van der Waals surface area contributed by atoms with Crippen LogP contribution in [-0.4, -0.2) is 39.8 Å². The molecule has 4 N–H and O–H groups in total. The summed E-state index contributed by atoms with van der Waals surface area (Å²) < 4.78 is 35.0. The molecule has 0 fully saturated rings. The minimum absolute atomic E-state index is 0.125.